The Morgan fingerprint density at radius 1 is 1.67 bits per heavy atom. The summed E-state index contributed by atoms with van der Waals surface area (Å²) in [5.74, 6) is 0. The van der Waals surface area contributed by atoms with E-state index in [1.54, 1.807) is 0 Å². The summed E-state index contributed by atoms with van der Waals surface area (Å²) in [6, 6.07) is 0. The van der Waals surface area contributed by atoms with Gasteiger partial charge in [-0.2, -0.15) is 0 Å². The predicted molar refractivity (Wildman–Crippen MR) is 30.2 cm³/mol. The van der Waals surface area contributed by atoms with Crippen LogP contribution in [0.3, 0.4) is 0 Å². The Morgan fingerprint density at radius 2 is 2.17 bits per heavy atom. The first-order valence-corrected chi connectivity index (χ1v) is 3.46. The van der Waals surface area contributed by atoms with Gasteiger partial charge in [-0.3, -0.25) is 0 Å². The Balaban J connectivity index is 3.14. The molecule has 0 rings (SSSR count). The van der Waals surface area contributed by atoms with Crippen molar-refractivity contribution in [3.63, 3.8) is 0 Å². The first-order chi connectivity index (χ1) is 2.77. The minimum Gasteiger partial charge on any atom is -0.434 e. The molecule has 0 saturated heterocycles. The van der Waals surface area contributed by atoms with Crippen LogP contribution in [0.4, 0.5) is 0 Å². The van der Waals surface area contributed by atoms with Crippen LogP contribution in [0.1, 0.15) is 13.8 Å². The number of hydrogen-bond acceptors (Lipinski definition) is 1. The van der Waals surface area contributed by atoms with Gasteiger partial charge >= 0.3 is 0 Å². The summed E-state index contributed by atoms with van der Waals surface area (Å²) in [6.45, 7) is 3.98. The molecule has 2 heteroatoms. The average molecular weight is 102 g/mol. The van der Waals surface area contributed by atoms with Gasteiger partial charge in [0.1, 0.15) is 0 Å². The summed E-state index contributed by atoms with van der Waals surface area (Å²) in [5, 5.41) is 0. The van der Waals surface area contributed by atoms with E-state index in [1.165, 1.54) is 5.57 Å². The molecule has 0 atom stereocenters. The highest BCUT2D eigenvalue weighted by atomic mass is 28.2. The second-order valence-corrected chi connectivity index (χ2v) is 2.24. The lowest BCUT2D eigenvalue weighted by Crippen LogP contribution is -1.78. The van der Waals surface area contributed by atoms with E-state index in [-0.39, 0.29) is 0 Å². The van der Waals surface area contributed by atoms with E-state index in [9.17, 15) is 0 Å². The van der Waals surface area contributed by atoms with Gasteiger partial charge in [0, 0.05) is 0 Å². The van der Waals surface area contributed by atoms with Gasteiger partial charge in [-0.05, 0) is 13.8 Å². The molecular weight excluding hydrogens is 92.1 g/mol. The molecule has 1 nitrogen and oxygen atoms in total. The van der Waals surface area contributed by atoms with Crippen LogP contribution in [0.15, 0.2) is 11.3 Å². The molecule has 0 heterocycles. The van der Waals surface area contributed by atoms with Gasteiger partial charge in [0.2, 0.25) is 0 Å². The molecule has 0 spiro atoms. The smallest absolute Gasteiger partial charge is 0.180 e. The van der Waals surface area contributed by atoms with Gasteiger partial charge in [0.25, 0.3) is 0 Å². The molecule has 1 N–H and O–H groups in total. The van der Waals surface area contributed by atoms with Crippen LogP contribution in [0, 0.1) is 0 Å². The Morgan fingerprint density at radius 3 is 2.17 bits per heavy atom. The summed E-state index contributed by atoms with van der Waals surface area (Å²) in [5.41, 5.74) is 3.13. The largest absolute Gasteiger partial charge is 0.434 e. The molecular formula is C4H10OSi. The van der Waals surface area contributed by atoms with E-state index < -0.39 is 9.76 Å². The van der Waals surface area contributed by atoms with Crippen LogP contribution in [0.5, 0.6) is 0 Å². The fourth-order valence-electron chi connectivity index (χ4n) is 0.183. The monoisotopic (exact) mass is 102 g/mol. The van der Waals surface area contributed by atoms with Gasteiger partial charge < -0.3 is 4.80 Å². The maximum absolute atomic E-state index is 8.30. The van der Waals surface area contributed by atoms with Crippen molar-refractivity contribution in [3.8, 4) is 0 Å². The van der Waals surface area contributed by atoms with Crippen molar-refractivity contribution in [2.24, 2.45) is 0 Å². The lowest BCUT2D eigenvalue weighted by molar-refractivity contribution is 0.614. The van der Waals surface area contributed by atoms with Crippen LogP contribution >= 0.6 is 0 Å². The van der Waals surface area contributed by atoms with Crippen molar-refractivity contribution < 1.29 is 4.80 Å². The molecule has 0 amide bonds. The summed E-state index contributed by atoms with van der Waals surface area (Å²) < 4.78 is 0. The average Bonchev–Trinajstić information content (AvgIpc) is 1.35. The summed E-state index contributed by atoms with van der Waals surface area (Å²) in [7, 11) is -0.796. The topological polar surface area (TPSA) is 20.2 Å². The molecule has 0 radical (unpaired) electrons. The van der Waals surface area contributed by atoms with Gasteiger partial charge in [-0.1, -0.05) is 11.3 Å². The second kappa shape index (κ2) is 3.12. The van der Waals surface area contributed by atoms with Crippen molar-refractivity contribution >= 4 is 9.76 Å². The predicted octanol–water partition coefficient (Wildman–Crippen LogP) is -0.0138. The molecule has 0 aliphatic carbocycles. The lowest BCUT2D eigenvalue weighted by atomic mass is 10.4. The van der Waals surface area contributed by atoms with Crippen LogP contribution in [-0.2, 0) is 0 Å². The summed E-state index contributed by atoms with van der Waals surface area (Å²) in [6.07, 6.45) is 0. The van der Waals surface area contributed by atoms with Crippen LogP contribution in [0.2, 0.25) is 0 Å². The van der Waals surface area contributed by atoms with E-state index in [0.29, 0.717) is 0 Å². The minimum absolute atomic E-state index is 0.796. The Kier molecular flexibility index (Phi) is 3.08. The quantitative estimate of drug-likeness (QED) is 0.462. The highest BCUT2D eigenvalue weighted by Crippen LogP contribution is 1.82. The Hall–Kier alpha value is -0.0831. The maximum atomic E-state index is 8.30. The molecule has 0 aromatic heterocycles. The van der Waals surface area contributed by atoms with Crippen LogP contribution in [0.25, 0.3) is 0 Å². The molecule has 0 aromatic carbocycles. The van der Waals surface area contributed by atoms with Gasteiger partial charge in [-0.25, -0.2) is 0 Å². The van der Waals surface area contributed by atoms with E-state index in [0.717, 1.165) is 0 Å². The van der Waals surface area contributed by atoms with Gasteiger partial charge in [0.15, 0.2) is 9.76 Å². The molecule has 0 aliphatic heterocycles. The number of allylic oxidation sites excluding steroid dienone is 1. The van der Waals surface area contributed by atoms with Gasteiger partial charge in [-0.15, -0.1) is 0 Å². The van der Waals surface area contributed by atoms with Crippen molar-refractivity contribution in [2.45, 2.75) is 13.8 Å². The normalized spacial score (nSPS) is 9.83. The number of rotatable bonds is 1. The van der Waals surface area contributed by atoms with E-state index in [2.05, 4.69) is 0 Å². The maximum Gasteiger partial charge on any atom is 0.180 e. The van der Waals surface area contributed by atoms with E-state index in [1.807, 2.05) is 19.5 Å². The third-order valence-electron chi connectivity index (χ3n) is 0.500. The van der Waals surface area contributed by atoms with Gasteiger partial charge in [0.05, 0.1) is 0 Å². The molecule has 0 fully saturated rings. The van der Waals surface area contributed by atoms with E-state index in [4.69, 9.17) is 4.80 Å². The molecule has 0 saturated carbocycles. The lowest BCUT2D eigenvalue weighted by Gasteiger charge is -1.79. The molecule has 0 bridgehead atoms. The Labute approximate surface area is 40.6 Å². The first kappa shape index (κ1) is 5.92. The third kappa shape index (κ3) is 3.92. The zero-order valence-corrected chi connectivity index (χ0v) is 5.65. The highest BCUT2D eigenvalue weighted by molar-refractivity contribution is 6.32. The fourth-order valence-corrected chi connectivity index (χ4v) is 0.548. The molecule has 0 aromatic rings. The zero-order chi connectivity index (χ0) is 4.99. The minimum atomic E-state index is -0.796. The van der Waals surface area contributed by atoms with Crippen LogP contribution in [-0.4, -0.2) is 14.6 Å². The Bertz CT molecular complexity index is 54.6. The van der Waals surface area contributed by atoms with E-state index >= 15 is 0 Å². The second-order valence-electron chi connectivity index (χ2n) is 1.46. The van der Waals surface area contributed by atoms with Crippen molar-refractivity contribution in [1.82, 2.24) is 0 Å². The summed E-state index contributed by atoms with van der Waals surface area (Å²) >= 11 is 0. The molecule has 36 valence electrons. The van der Waals surface area contributed by atoms with Crippen molar-refractivity contribution in [1.29, 1.82) is 0 Å². The standard InChI is InChI=1S/C4H10OSi/c1-4(2)3-6-5/h3,5H,6H2,1-2H3. The molecule has 0 unspecified atom stereocenters. The third-order valence-corrected chi connectivity index (χ3v) is 1.50. The summed E-state index contributed by atoms with van der Waals surface area (Å²) in [4.78, 5) is 8.30. The molecule has 6 heavy (non-hydrogen) atoms. The van der Waals surface area contributed by atoms with Crippen molar-refractivity contribution in [3.05, 3.63) is 11.3 Å². The fraction of sp³-hybridized carbons (Fsp3) is 0.500. The number of hydrogen-bond donors (Lipinski definition) is 1. The van der Waals surface area contributed by atoms with Crippen molar-refractivity contribution in [2.75, 3.05) is 0 Å². The first-order valence-electron chi connectivity index (χ1n) is 2.01. The highest BCUT2D eigenvalue weighted by Gasteiger charge is 1.69. The van der Waals surface area contributed by atoms with Crippen LogP contribution < -0.4 is 0 Å². The molecule has 0 aliphatic rings. The SMILES string of the molecule is CC(C)=C[SiH2]O. The zero-order valence-electron chi connectivity index (χ0n) is 4.23.